The van der Waals surface area contributed by atoms with E-state index in [2.05, 4.69) is 36.2 Å². The van der Waals surface area contributed by atoms with Crippen LogP contribution >= 0.6 is 11.3 Å². The van der Waals surface area contributed by atoms with Crippen molar-refractivity contribution < 1.29 is 0 Å². The van der Waals surface area contributed by atoms with E-state index in [4.69, 9.17) is 5.73 Å². The summed E-state index contributed by atoms with van der Waals surface area (Å²) in [4.78, 5) is 5.74. The van der Waals surface area contributed by atoms with E-state index in [0.29, 0.717) is 6.54 Å². The van der Waals surface area contributed by atoms with Crippen LogP contribution in [0.3, 0.4) is 0 Å². The van der Waals surface area contributed by atoms with Crippen molar-refractivity contribution >= 4 is 11.3 Å². The summed E-state index contributed by atoms with van der Waals surface area (Å²) < 4.78 is 0. The molecule has 0 amide bonds. The van der Waals surface area contributed by atoms with Crippen LogP contribution in [-0.4, -0.2) is 4.98 Å². The molecule has 2 N–H and O–H groups in total. The minimum Gasteiger partial charge on any atom is -0.326 e. The van der Waals surface area contributed by atoms with Gasteiger partial charge in [-0.25, -0.2) is 4.98 Å². The Kier molecular flexibility index (Phi) is 3.14. The van der Waals surface area contributed by atoms with E-state index in [0.717, 1.165) is 17.7 Å². The number of hydrogen-bond donors (Lipinski definition) is 1. The summed E-state index contributed by atoms with van der Waals surface area (Å²) in [5.41, 5.74) is 10.9. The highest BCUT2D eigenvalue weighted by Crippen LogP contribution is 2.25. The maximum Gasteiger partial charge on any atom is 0.0843 e. The Morgan fingerprint density at radius 1 is 1.27 bits per heavy atom. The molecule has 0 saturated heterocycles. The molecule has 0 unspecified atom stereocenters. The number of aromatic nitrogens is 1. The van der Waals surface area contributed by atoms with Gasteiger partial charge in [-0.1, -0.05) is 31.2 Å². The highest BCUT2D eigenvalue weighted by atomic mass is 32.1. The standard InChI is InChI=1S/C12H14N2S/c1-2-11-12(14-8-15-11)10-5-3-9(7-13)4-6-10/h3-6,8H,2,7,13H2,1H3. The zero-order chi connectivity index (χ0) is 10.7. The normalized spacial score (nSPS) is 10.5. The summed E-state index contributed by atoms with van der Waals surface area (Å²) in [6.45, 7) is 2.75. The van der Waals surface area contributed by atoms with Gasteiger partial charge in [0.1, 0.15) is 0 Å². The van der Waals surface area contributed by atoms with Gasteiger partial charge in [-0.2, -0.15) is 0 Å². The first kappa shape index (κ1) is 10.3. The molecule has 78 valence electrons. The molecule has 15 heavy (non-hydrogen) atoms. The highest BCUT2D eigenvalue weighted by molar-refractivity contribution is 7.10. The first-order valence-corrected chi connectivity index (χ1v) is 5.95. The zero-order valence-electron chi connectivity index (χ0n) is 8.73. The molecule has 0 fully saturated rings. The van der Waals surface area contributed by atoms with Crippen LogP contribution in [0.15, 0.2) is 29.8 Å². The smallest absolute Gasteiger partial charge is 0.0843 e. The molecule has 0 atom stereocenters. The van der Waals surface area contributed by atoms with E-state index < -0.39 is 0 Å². The quantitative estimate of drug-likeness (QED) is 0.860. The number of nitrogens with zero attached hydrogens (tertiary/aromatic N) is 1. The Bertz CT molecular complexity index is 431. The molecule has 1 aromatic carbocycles. The lowest BCUT2D eigenvalue weighted by atomic mass is 10.1. The van der Waals surface area contributed by atoms with Crippen LogP contribution < -0.4 is 5.73 Å². The van der Waals surface area contributed by atoms with E-state index in [1.165, 1.54) is 10.4 Å². The number of benzene rings is 1. The molecule has 2 rings (SSSR count). The van der Waals surface area contributed by atoms with Crippen LogP contribution in [-0.2, 0) is 13.0 Å². The zero-order valence-corrected chi connectivity index (χ0v) is 9.55. The predicted octanol–water partition coefficient (Wildman–Crippen LogP) is 2.83. The van der Waals surface area contributed by atoms with Crippen molar-refractivity contribution in [3.05, 3.63) is 40.2 Å². The molecule has 0 radical (unpaired) electrons. The average Bonchev–Trinajstić information content (AvgIpc) is 2.77. The van der Waals surface area contributed by atoms with Crippen LogP contribution in [0, 0.1) is 0 Å². The van der Waals surface area contributed by atoms with Crippen LogP contribution in [0.4, 0.5) is 0 Å². The number of thiazole rings is 1. The van der Waals surface area contributed by atoms with Crippen LogP contribution in [0.1, 0.15) is 17.4 Å². The van der Waals surface area contributed by atoms with Gasteiger partial charge in [-0.05, 0) is 12.0 Å². The fourth-order valence-electron chi connectivity index (χ4n) is 1.56. The van der Waals surface area contributed by atoms with Gasteiger partial charge >= 0.3 is 0 Å². The number of hydrogen-bond acceptors (Lipinski definition) is 3. The molecular weight excluding hydrogens is 204 g/mol. The summed E-state index contributed by atoms with van der Waals surface area (Å²) in [6, 6.07) is 8.31. The molecule has 2 aromatic rings. The van der Waals surface area contributed by atoms with Crippen molar-refractivity contribution in [3.63, 3.8) is 0 Å². The van der Waals surface area contributed by atoms with Crippen molar-refractivity contribution in [2.45, 2.75) is 19.9 Å². The van der Waals surface area contributed by atoms with Crippen LogP contribution in [0.5, 0.6) is 0 Å². The Balaban J connectivity index is 2.37. The highest BCUT2D eigenvalue weighted by Gasteiger charge is 2.06. The molecule has 0 bridgehead atoms. The van der Waals surface area contributed by atoms with Gasteiger partial charge in [0.15, 0.2) is 0 Å². The molecule has 0 spiro atoms. The maximum atomic E-state index is 5.56. The monoisotopic (exact) mass is 218 g/mol. The Hall–Kier alpha value is -1.19. The molecule has 0 aliphatic heterocycles. The van der Waals surface area contributed by atoms with E-state index >= 15 is 0 Å². The molecule has 3 heteroatoms. The third-order valence-corrected chi connectivity index (χ3v) is 3.40. The molecule has 0 aliphatic rings. The Morgan fingerprint density at radius 3 is 2.60 bits per heavy atom. The van der Waals surface area contributed by atoms with Crippen molar-refractivity contribution in [1.82, 2.24) is 4.98 Å². The number of rotatable bonds is 3. The van der Waals surface area contributed by atoms with E-state index in [1.807, 2.05) is 5.51 Å². The Labute approximate surface area is 93.8 Å². The largest absolute Gasteiger partial charge is 0.326 e. The van der Waals surface area contributed by atoms with Gasteiger partial charge < -0.3 is 5.73 Å². The number of nitrogens with two attached hydrogens (primary N) is 1. The van der Waals surface area contributed by atoms with Crippen LogP contribution in [0.2, 0.25) is 0 Å². The van der Waals surface area contributed by atoms with Crippen LogP contribution in [0.25, 0.3) is 11.3 Å². The van der Waals surface area contributed by atoms with E-state index in [-0.39, 0.29) is 0 Å². The third kappa shape index (κ3) is 2.08. The van der Waals surface area contributed by atoms with Gasteiger partial charge in [0.05, 0.1) is 11.2 Å². The fourth-order valence-corrected chi connectivity index (χ4v) is 2.29. The SMILES string of the molecule is CCc1scnc1-c1ccc(CN)cc1. The molecular formula is C12H14N2S. The first-order valence-electron chi connectivity index (χ1n) is 5.07. The topological polar surface area (TPSA) is 38.9 Å². The summed E-state index contributed by atoms with van der Waals surface area (Å²) in [5, 5.41) is 0. The van der Waals surface area contributed by atoms with Gasteiger partial charge in [0.25, 0.3) is 0 Å². The number of aryl methyl sites for hydroxylation is 1. The summed E-state index contributed by atoms with van der Waals surface area (Å²) in [6.07, 6.45) is 1.04. The molecule has 2 nitrogen and oxygen atoms in total. The minimum absolute atomic E-state index is 0.595. The lowest BCUT2D eigenvalue weighted by Crippen LogP contribution is -1.95. The van der Waals surface area contributed by atoms with Gasteiger partial charge in [0.2, 0.25) is 0 Å². The summed E-state index contributed by atoms with van der Waals surface area (Å²) >= 11 is 1.72. The van der Waals surface area contributed by atoms with Gasteiger partial charge in [-0.3, -0.25) is 0 Å². The third-order valence-electron chi connectivity index (χ3n) is 2.43. The second-order valence-corrected chi connectivity index (χ2v) is 4.32. The van der Waals surface area contributed by atoms with Crippen molar-refractivity contribution in [2.75, 3.05) is 0 Å². The maximum absolute atomic E-state index is 5.56. The van der Waals surface area contributed by atoms with E-state index in [1.54, 1.807) is 11.3 Å². The van der Waals surface area contributed by atoms with Gasteiger partial charge in [0, 0.05) is 17.0 Å². The predicted molar refractivity (Wildman–Crippen MR) is 64.8 cm³/mol. The average molecular weight is 218 g/mol. The minimum atomic E-state index is 0.595. The van der Waals surface area contributed by atoms with E-state index in [9.17, 15) is 0 Å². The second kappa shape index (κ2) is 4.55. The lowest BCUT2D eigenvalue weighted by molar-refractivity contribution is 1.07. The van der Waals surface area contributed by atoms with Gasteiger partial charge in [-0.15, -0.1) is 11.3 Å². The van der Waals surface area contributed by atoms with Crippen molar-refractivity contribution in [1.29, 1.82) is 0 Å². The summed E-state index contributed by atoms with van der Waals surface area (Å²) in [7, 11) is 0. The first-order chi connectivity index (χ1) is 7.35. The molecule has 0 aliphatic carbocycles. The second-order valence-electron chi connectivity index (χ2n) is 3.38. The fraction of sp³-hybridized carbons (Fsp3) is 0.250. The molecule has 0 saturated carbocycles. The Morgan fingerprint density at radius 2 is 2.00 bits per heavy atom. The summed E-state index contributed by atoms with van der Waals surface area (Å²) in [5.74, 6) is 0. The molecule has 1 aromatic heterocycles. The van der Waals surface area contributed by atoms with Crippen molar-refractivity contribution in [3.8, 4) is 11.3 Å². The lowest BCUT2D eigenvalue weighted by Gasteiger charge is -2.01. The molecule has 1 heterocycles. The van der Waals surface area contributed by atoms with Crippen molar-refractivity contribution in [2.24, 2.45) is 5.73 Å².